The van der Waals surface area contributed by atoms with Crippen LogP contribution in [-0.4, -0.2) is 28.5 Å². The van der Waals surface area contributed by atoms with Gasteiger partial charge in [-0.3, -0.25) is 4.90 Å². The number of benzene rings is 1. The molecule has 94 valence electrons. The summed E-state index contributed by atoms with van der Waals surface area (Å²) in [6.45, 7) is 6.73. The van der Waals surface area contributed by atoms with Crippen LogP contribution >= 0.6 is 39.3 Å². The Kier molecular flexibility index (Phi) is 4.81. The van der Waals surface area contributed by atoms with Gasteiger partial charge in [0.15, 0.2) is 0 Å². The van der Waals surface area contributed by atoms with E-state index in [2.05, 4.69) is 58.6 Å². The summed E-state index contributed by atoms with van der Waals surface area (Å²) in [7, 11) is 0. The lowest BCUT2D eigenvalue weighted by atomic mass is 10.1. The molecule has 1 aromatic carbocycles. The molecule has 1 heterocycles. The van der Waals surface area contributed by atoms with E-state index in [9.17, 15) is 0 Å². The van der Waals surface area contributed by atoms with Gasteiger partial charge in [-0.1, -0.05) is 40.5 Å². The maximum atomic E-state index is 6.27. The van der Waals surface area contributed by atoms with E-state index >= 15 is 0 Å². The average molecular weight is 335 g/mol. The van der Waals surface area contributed by atoms with Crippen LogP contribution in [0.1, 0.15) is 19.4 Å². The molecular formula is C13H17BrClNS. The quantitative estimate of drug-likeness (QED) is 0.787. The van der Waals surface area contributed by atoms with Gasteiger partial charge in [0.25, 0.3) is 0 Å². The zero-order valence-corrected chi connectivity index (χ0v) is 13.3. The average Bonchev–Trinajstić information content (AvgIpc) is 2.28. The van der Waals surface area contributed by atoms with E-state index in [1.165, 1.54) is 11.3 Å². The Hall–Kier alpha value is 0.300. The normalized spacial score (nSPS) is 26.1. The van der Waals surface area contributed by atoms with Crippen LogP contribution in [0.25, 0.3) is 0 Å². The van der Waals surface area contributed by atoms with E-state index in [1.54, 1.807) is 0 Å². The van der Waals surface area contributed by atoms with Gasteiger partial charge in [-0.25, -0.2) is 0 Å². The topological polar surface area (TPSA) is 3.24 Å². The zero-order valence-electron chi connectivity index (χ0n) is 10.1. The summed E-state index contributed by atoms with van der Waals surface area (Å²) < 4.78 is 1.04. The first-order chi connectivity index (χ1) is 8.08. The zero-order chi connectivity index (χ0) is 12.4. The van der Waals surface area contributed by atoms with Gasteiger partial charge in [0.2, 0.25) is 0 Å². The van der Waals surface area contributed by atoms with E-state index in [4.69, 9.17) is 11.6 Å². The molecule has 0 N–H and O–H groups in total. The van der Waals surface area contributed by atoms with Crippen LogP contribution in [0, 0.1) is 0 Å². The number of rotatable bonds is 2. The highest BCUT2D eigenvalue weighted by molar-refractivity contribution is 9.10. The molecule has 0 spiro atoms. The van der Waals surface area contributed by atoms with Crippen molar-refractivity contribution in [1.82, 2.24) is 4.90 Å². The van der Waals surface area contributed by atoms with Crippen LogP contribution < -0.4 is 0 Å². The van der Waals surface area contributed by atoms with Crippen LogP contribution in [-0.2, 0) is 6.54 Å². The fourth-order valence-corrected chi connectivity index (χ4v) is 3.98. The van der Waals surface area contributed by atoms with Crippen molar-refractivity contribution in [3.8, 4) is 0 Å². The second-order valence-corrected chi connectivity index (χ2v) is 7.33. The van der Waals surface area contributed by atoms with Gasteiger partial charge in [-0.2, -0.15) is 11.8 Å². The lowest BCUT2D eigenvalue weighted by Gasteiger charge is -2.37. The molecule has 1 aliphatic heterocycles. The summed E-state index contributed by atoms with van der Waals surface area (Å²) in [6.07, 6.45) is 0. The van der Waals surface area contributed by atoms with Gasteiger partial charge in [0.05, 0.1) is 0 Å². The Morgan fingerprint density at radius 2 is 2.24 bits per heavy atom. The number of hydrogen-bond acceptors (Lipinski definition) is 2. The van der Waals surface area contributed by atoms with Crippen molar-refractivity contribution in [2.45, 2.75) is 31.7 Å². The predicted octanol–water partition coefficient (Wildman–Crippen LogP) is 4.43. The number of nitrogens with zero attached hydrogens (tertiary/aromatic N) is 1. The maximum Gasteiger partial charge on any atom is 0.0462 e. The van der Waals surface area contributed by atoms with Gasteiger partial charge in [-0.05, 0) is 24.6 Å². The molecule has 0 saturated carbocycles. The summed E-state index contributed by atoms with van der Waals surface area (Å²) in [5, 5.41) is 1.57. The van der Waals surface area contributed by atoms with Crippen LogP contribution in [0.15, 0.2) is 22.7 Å². The van der Waals surface area contributed by atoms with Crippen molar-refractivity contribution < 1.29 is 0 Å². The molecule has 0 aliphatic carbocycles. The lowest BCUT2D eigenvalue weighted by molar-refractivity contribution is 0.204. The first kappa shape index (κ1) is 13.7. The molecule has 2 unspecified atom stereocenters. The Morgan fingerprint density at radius 3 is 2.94 bits per heavy atom. The van der Waals surface area contributed by atoms with Crippen molar-refractivity contribution >= 4 is 39.3 Å². The van der Waals surface area contributed by atoms with Crippen molar-refractivity contribution in [1.29, 1.82) is 0 Å². The summed E-state index contributed by atoms with van der Waals surface area (Å²) in [5.41, 5.74) is 1.22. The minimum Gasteiger partial charge on any atom is -0.294 e. The molecule has 0 amide bonds. The van der Waals surface area contributed by atoms with Gasteiger partial charge >= 0.3 is 0 Å². The molecule has 1 aliphatic rings. The molecule has 0 radical (unpaired) electrons. The van der Waals surface area contributed by atoms with Crippen molar-refractivity contribution in [2.24, 2.45) is 0 Å². The monoisotopic (exact) mass is 333 g/mol. The SMILES string of the molecule is CC1SCCN(Cc2ccc(Br)cc2Cl)C1C. The molecule has 1 fully saturated rings. The maximum absolute atomic E-state index is 6.27. The molecule has 4 heteroatoms. The van der Waals surface area contributed by atoms with Crippen LogP contribution in [0.5, 0.6) is 0 Å². The summed E-state index contributed by atoms with van der Waals surface area (Å²) in [5.74, 6) is 1.22. The highest BCUT2D eigenvalue weighted by atomic mass is 79.9. The Balaban J connectivity index is 2.09. The first-order valence-corrected chi connectivity index (χ1v) is 8.09. The minimum atomic E-state index is 0.619. The van der Waals surface area contributed by atoms with Crippen LogP contribution in [0.3, 0.4) is 0 Å². The fourth-order valence-electron chi connectivity index (χ4n) is 2.09. The molecular weight excluding hydrogens is 318 g/mol. The number of thioether (sulfide) groups is 1. The summed E-state index contributed by atoms with van der Waals surface area (Å²) in [4.78, 5) is 2.52. The Morgan fingerprint density at radius 1 is 1.47 bits per heavy atom. The first-order valence-electron chi connectivity index (χ1n) is 5.87. The fraction of sp³-hybridized carbons (Fsp3) is 0.538. The molecule has 1 aromatic rings. The molecule has 2 atom stereocenters. The molecule has 2 rings (SSSR count). The predicted molar refractivity (Wildman–Crippen MR) is 80.9 cm³/mol. The third-order valence-electron chi connectivity index (χ3n) is 3.40. The smallest absolute Gasteiger partial charge is 0.0462 e. The van der Waals surface area contributed by atoms with Crippen LogP contribution in [0.4, 0.5) is 0 Å². The van der Waals surface area contributed by atoms with E-state index in [-0.39, 0.29) is 0 Å². The molecule has 1 nitrogen and oxygen atoms in total. The van der Waals surface area contributed by atoms with Crippen LogP contribution in [0.2, 0.25) is 5.02 Å². The van der Waals surface area contributed by atoms with Gasteiger partial charge in [-0.15, -0.1) is 0 Å². The van der Waals surface area contributed by atoms with E-state index in [0.29, 0.717) is 11.3 Å². The van der Waals surface area contributed by atoms with E-state index in [1.807, 2.05) is 6.07 Å². The van der Waals surface area contributed by atoms with Gasteiger partial charge in [0, 0.05) is 39.6 Å². The standard InChI is InChI=1S/C13H17BrClNS/c1-9-10(2)17-6-5-16(9)8-11-3-4-12(14)7-13(11)15/h3-4,7,9-10H,5-6,8H2,1-2H3. The summed E-state index contributed by atoms with van der Waals surface area (Å²) >= 11 is 11.8. The van der Waals surface area contributed by atoms with Crippen molar-refractivity contribution in [3.05, 3.63) is 33.3 Å². The second-order valence-electron chi connectivity index (χ2n) is 4.52. The summed E-state index contributed by atoms with van der Waals surface area (Å²) in [6, 6.07) is 6.77. The van der Waals surface area contributed by atoms with Crippen molar-refractivity contribution in [3.63, 3.8) is 0 Å². The number of halogens is 2. The Labute approximate surface area is 121 Å². The van der Waals surface area contributed by atoms with E-state index in [0.717, 1.165) is 22.6 Å². The third-order valence-corrected chi connectivity index (χ3v) is 5.59. The van der Waals surface area contributed by atoms with E-state index < -0.39 is 0 Å². The highest BCUT2D eigenvalue weighted by Gasteiger charge is 2.25. The van der Waals surface area contributed by atoms with Gasteiger partial charge < -0.3 is 0 Å². The highest BCUT2D eigenvalue weighted by Crippen LogP contribution is 2.28. The largest absolute Gasteiger partial charge is 0.294 e. The Bertz CT molecular complexity index is 399. The third kappa shape index (κ3) is 3.40. The van der Waals surface area contributed by atoms with Crippen molar-refractivity contribution in [2.75, 3.05) is 12.3 Å². The van der Waals surface area contributed by atoms with Gasteiger partial charge in [0.1, 0.15) is 0 Å². The molecule has 17 heavy (non-hydrogen) atoms. The number of hydrogen-bond donors (Lipinski definition) is 0. The lowest BCUT2D eigenvalue weighted by Crippen LogP contribution is -2.43. The molecule has 1 saturated heterocycles. The molecule has 0 aromatic heterocycles. The second kappa shape index (κ2) is 5.96. The molecule has 0 bridgehead atoms. The minimum absolute atomic E-state index is 0.619.